The number of nitro groups is 1. The summed E-state index contributed by atoms with van der Waals surface area (Å²) < 4.78 is 106. The monoisotopic (exact) mass is 359 g/mol. The molecule has 1 aromatic carbocycles. The van der Waals surface area contributed by atoms with E-state index in [1.165, 1.54) is 0 Å². The average molecular weight is 359 g/mol. The number of rotatable bonds is 2. The molecule has 2 rings (SSSR count). The van der Waals surface area contributed by atoms with Crippen LogP contribution in [0.2, 0.25) is 0 Å². The Morgan fingerprint density at radius 3 is 2.21 bits per heavy atom. The minimum Gasteiger partial charge on any atom is -0.261 e. The van der Waals surface area contributed by atoms with E-state index < -0.39 is 57.2 Å². The predicted molar refractivity (Wildman–Crippen MR) is 64.4 cm³/mol. The van der Waals surface area contributed by atoms with E-state index in [1.54, 1.807) is 0 Å². The van der Waals surface area contributed by atoms with Crippen LogP contribution in [-0.4, -0.2) is 16.9 Å². The Hall–Kier alpha value is -2.46. The highest BCUT2D eigenvalue weighted by atomic mass is 19.4. The summed E-state index contributed by atoms with van der Waals surface area (Å²) >= 11 is 0. The Labute approximate surface area is 128 Å². The molecule has 1 aliphatic carbocycles. The number of benzene rings is 1. The van der Waals surface area contributed by atoms with Gasteiger partial charge in [-0.1, -0.05) is 12.1 Å². The van der Waals surface area contributed by atoms with Gasteiger partial charge in [0, 0.05) is 0 Å². The van der Waals surface area contributed by atoms with E-state index in [1.807, 2.05) is 0 Å². The van der Waals surface area contributed by atoms with Crippen LogP contribution in [-0.2, 0) is 6.18 Å². The average Bonchev–Trinajstić information content (AvgIpc) is 2.50. The van der Waals surface area contributed by atoms with Crippen molar-refractivity contribution < 1.29 is 40.0 Å². The summed E-state index contributed by atoms with van der Waals surface area (Å²) in [6, 6.07) is 1.73. The third kappa shape index (κ3) is 2.53. The van der Waals surface area contributed by atoms with E-state index in [4.69, 9.17) is 0 Å². The molecule has 0 spiro atoms. The van der Waals surface area contributed by atoms with Crippen molar-refractivity contribution in [2.75, 3.05) is 0 Å². The lowest BCUT2D eigenvalue weighted by atomic mass is 9.87. The smallest absolute Gasteiger partial charge is 0.261 e. The number of nitrogens with zero attached hydrogens (tertiary/aromatic N) is 1. The molecule has 0 fully saturated rings. The molecular weight excluding hydrogens is 354 g/mol. The van der Waals surface area contributed by atoms with Gasteiger partial charge in [0.1, 0.15) is 5.57 Å². The van der Waals surface area contributed by atoms with Crippen molar-refractivity contribution in [1.29, 1.82) is 0 Å². The molecule has 0 aromatic heterocycles. The van der Waals surface area contributed by atoms with E-state index in [0.717, 1.165) is 0 Å². The molecule has 0 bridgehead atoms. The van der Waals surface area contributed by atoms with Crippen LogP contribution in [0.3, 0.4) is 0 Å². The highest BCUT2D eigenvalue weighted by molar-refractivity contribution is 5.78. The second-order valence-electron chi connectivity index (χ2n) is 4.72. The summed E-state index contributed by atoms with van der Waals surface area (Å²) in [4.78, 5) is 8.74. The first-order valence-corrected chi connectivity index (χ1v) is 6.03. The largest absolute Gasteiger partial charge is 0.425 e. The molecule has 0 saturated heterocycles. The quantitative estimate of drug-likeness (QED) is 0.329. The zero-order valence-electron chi connectivity index (χ0n) is 11.2. The van der Waals surface area contributed by atoms with Crippen molar-refractivity contribution in [2.45, 2.75) is 18.1 Å². The fourth-order valence-electron chi connectivity index (χ4n) is 2.14. The fourth-order valence-corrected chi connectivity index (χ4v) is 2.14. The Bertz CT molecular complexity index is 769. The second-order valence-corrected chi connectivity index (χ2v) is 4.72. The Kier molecular flexibility index (Phi) is 4.15. The molecule has 2 atom stereocenters. The topological polar surface area (TPSA) is 43.1 Å². The summed E-state index contributed by atoms with van der Waals surface area (Å²) in [5, 5.41) is 10.8. The molecule has 11 heteroatoms. The van der Waals surface area contributed by atoms with E-state index in [2.05, 4.69) is 0 Å². The maximum atomic E-state index is 14.4. The molecule has 0 N–H and O–H groups in total. The molecule has 130 valence electrons. The first-order valence-electron chi connectivity index (χ1n) is 6.03. The van der Waals surface area contributed by atoms with Gasteiger partial charge in [-0.25, -0.2) is 17.6 Å². The number of halogens is 8. The minimum absolute atomic E-state index is 0.0654. The van der Waals surface area contributed by atoms with Gasteiger partial charge >= 0.3 is 12.0 Å². The van der Waals surface area contributed by atoms with E-state index in [0.29, 0.717) is 18.2 Å². The maximum Gasteiger partial charge on any atom is 0.425 e. The maximum absolute atomic E-state index is 14.4. The molecule has 2 unspecified atom stereocenters. The van der Waals surface area contributed by atoms with Crippen molar-refractivity contribution in [1.82, 2.24) is 0 Å². The molecular formula is C13H5F8NO2. The van der Waals surface area contributed by atoms with E-state index >= 15 is 0 Å². The van der Waals surface area contributed by atoms with Gasteiger partial charge in [-0.3, -0.25) is 10.1 Å². The third-order valence-electron chi connectivity index (χ3n) is 3.28. The highest BCUT2D eigenvalue weighted by Gasteiger charge is 2.63. The summed E-state index contributed by atoms with van der Waals surface area (Å²) in [6.07, 6.45) is -8.86. The molecule has 0 aliphatic heterocycles. The van der Waals surface area contributed by atoms with E-state index in [9.17, 15) is 45.2 Å². The number of hydrogen-bond acceptors (Lipinski definition) is 2. The summed E-state index contributed by atoms with van der Waals surface area (Å²) in [7, 11) is 0. The van der Waals surface area contributed by atoms with Crippen LogP contribution in [0.1, 0.15) is 11.1 Å². The van der Waals surface area contributed by atoms with Gasteiger partial charge in [0.15, 0.2) is 17.5 Å². The van der Waals surface area contributed by atoms with Crippen LogP contribution in [0.4, 0.5) is 35.1 Å². The molecule has 24 heavy (non-hydrogen) atoms. The Morgan fingerprint density at radius 1 is 1.12 bits per heavy atom. The predicted octanol–water partition coefficient (Wildman–Crippen LogP) is 4.83. The van der Waals surface area contributed by atoms with Crippen molar-refractivity contribution in [2.24, 2.45) is 0 Å². The molecule has 1 aromatic rings. The summed E-state index contributed by atoms with van der Waals surface area (Å²) in [5.41, 5.74) is -4.59. The zero-order chi connectivity index (χ0) is 18.4. The standard InChI is InChI=1S/C13H5F8NO2/c14-8-7(5-2-1-3-6(4-5)13(19,20)21)12(18,22(23)24)11(17)10(16)9(8)15/h1-4,11H. The van der Waals surface area contributed by atoms with Gasteiger partial charge in [0.2, 0.25) is 0 Å². The van der Waals surface area contributed by atoms with Crippen LogP contribution in [0.15, 0.2) is 41.7 Å². The van der Waals surface area contributed by atoms with Crippen molar-refractivity contribution in [3.8, 4) is 0 Å². The van der Waals surface area contributed by atoms with Crippen LogP contribution >= 0.6 is 0 Å². The van der Waals surface area contributed by atoms with Gasteiger partial charge < -0.3 is 0 Å². The van der Waals surface area contributed by atoms with Crippen LogP contribution in [0.5, 0.6) is 0 Å². The van der Waals surface area contributed by atoms with Crippen molar-refractivity contribution in [3.63, 3.8) is 0 Å². The Morgan fingerprint density at radius 2 is 1.71 bits per heavy atom. The first kappa shape index (κ1) is 17.9. The van der Waals surface area contributed by atoms with Gasteiger partial charge in [0.05, 0.1) is 10.5 Å². The number of alkyl halides is 5. The van der Waals surface area contributed by atoms with Crippen LogP contribution < -0.4 is 0 Å². The lowest BCUT2D eigenvalue weighted by Gasteiger charge is -2.26. The van der Waals surface area contributed by atoms with Crippen LogP contribution in [0.25, 0.3) is 5.57 Å². The molecule has 1 aliphatic rings. The van der Waals surface area contributed by atoms with Crippen LogP contribution in [0, 0.1) is 10.1 Å². The van der Waals surface area contributed by atoms with Crippen molar-refractivity contribution in [3.05, 3.63) is 63.0 Å². The van der Waals surface area contributed by atoms with Gasteiger partial charge in [-0.05, 0) is 17.7 Å². The summed E-state index contributed by atoms with van der Waals surface area (Å²) in [5.74, 6) is -12.4. The Balaban J connectivity index is 2.80. The zero-order valence-corrected chi connectivity index (χ0v) is 11.2. The molecule has 0 saturated carbocycles. The second kappa shape index (κ2) is 5.56. The molecule has 0 amide bonds. The first-order chi connectivity index (χ1) is 10.9. The lowest BCUT2D eigenvalue weighted by molar-refractivity contribution is -0.593. The molecule has 0 radical (unpaired) electrons. The molecule has 0 heterocycles. The normalized spacial score (nSPS) is 25.2. The van der Waals surface area contributed by atoms with Gasteiger partial charge in [0.25, 0.3) is 6.17 Å². The third-order valence-corrected chi connectivity index (χ3v) is 3.28. The number of hydrogen-bond donors (Lipinski definition) is 0. The fraction of sp³-hybridized carbons (Fsp3) is 0.231. The molecule has 3 nitrogen and oxygen atoms in total. The van der Waals surface area contributed by atoms with Gasteiger partial charge in [-0.15, -0.1) is 0 Å². The number of allylic oxidation sites excluding steroid dienone is 2. The SMILES string of the molecule is O=[N+]([O-])C1(F)C(c2cccc(C(F)(F)F)c2)=C(F)C(F)=C(F)C1F. The summed E-state index contributed by atoms with van der Waals surface area (Å²) in [6.45, 7) is 0. The lowest BCUT2D eigenvalue weighted by Crippen LogP contribution is -2.47. The highest BCUT2D eigenvalue weighted by Crippen LogP contribution is 2.49. The van der Waals surface area contributed by atoms with E-state index in [-0.39, 0.29) is 6.07 Å². The van der Waals surface area contributed by atoms with Crippen molar-refractivity contribution >= 4 is 5.57 Å². The minimum atomic E-state index is -5.00. The van der Waals surface area contributed by atoms with Gasteiger partial charge in [-0.2, -0.15) is 17.6 Å².